The lowest BCUT2D eigenvalue weighted by atomic mass is 10.4. The summed E-state index contributed by atoms with van der Waals surface area (Å²) < 4.78 is 5.50. The number of benzene rings is 1. The molecule has 1 nitrogen and oxygen atoms in total. The summed E-state index contributed by atoms with van der Waals surface area (Å²) in [4.78, 5) is 1.22. The monoisotopic (exact) mass is 214 g/mol. The molecule has 0 aliphatic carbocycles. The van der Waals surface area contributed by atoms with E-state index in [9.17, 15) is 0 Å². The zero-order valence-electron chi connectivity index (χ0n) is 7.15. The van der Waals surface area contributed by atoms with Crippen LogP contribution < -0.4 is 0 Å². The van der Waals surface area contributed by atoms with Crippen molar-refractivity contribution in [2.45, 2.75) is 22.1 Å². The molecule has 1 heterocycles. The van der Waals surface area contributed by atoms with Crippen molar-refractivity contribution in [3.8, 4) is 0 Å². The Bertz CT molecular complexity index is 265. The highest BCUT2D eigenvalue weighted by Gasteiger charge is 2.26. The maximum absolute atomic E-state index is 6.08. The first kappa shape index (κ1) is 9.38. The minimum absolute atomic E-state index is 0.129. The maximum Gasteiger partial charge on any atom is 0.124 e. The van der Waals surface area contributed by atoms with Crippen molar-refractivity contribution in [1.29, 1.82) is 0 Å². The molecule has 0 spiro atoms. The minimum atomic E-state index is 0.129. The molecule has 1 saturated heterocycles. The summed E-state index contributed by atoms with van der Waals surface area (Å²) in [6.07, 6.45) is 0.964. The average Bonchev–Trinajstić information content (AvgIpc) is 2.54. The Hall–Kier alpha value is -0.180. The van der Waals surface area contributed by atoms with E-state index in [2.05, 4.69) is 12.1 Å². The van der Waals surface area contributed by atoms with E-state index in [-0.39, 0.29) is 10.8 Å². The second kappa shape index (κ2) is 4.36. The van der Waals surface area contributed by atoms with Gasteiger partial charge < -0.3 is 4.74 Å². The highest BCUT2D eigenvalue weighted by atomic mass is 35.5. The molecular formula is C10H11ClOS. The van der Waals surface area contributed by atoms with Crippen LogP contribution in [-0.2, 0) is 4.74 Å². The molecule has 0 amide bonds. The van der Waals surface area contributed by atoms with Gasteiger partial charge >= 0.3 is 0 Å². The van der Waals surface area contributed by atoms with Crippen LogP contribution in [0.1, 0.15) is 6.42 Å². The Labute approximate surface area is 87.4 Å². The zero-order valence-corrected chi connectivity index (χ0v) is 8.72. The van der Waals surface area contributed by atoms with E-state index in [0.717, 1.165) is 13.0 Å². The second-order valence-corrected chi connectivity index (χ2v) is 4.71. The summed E-state index contributed by atoms with van der Waals surface area (Å²) in [6.45, 7) is 0.790. The summed E-state index contributed by atoms with van der Waals surface area (Å²) >= 11 is 7.79. The van der Waals surface area contributed by atoms with Crippen molar-refractivity contribution in [2.75, 3.05) is 6.61 Å². The maximum atomic E-state index is 6.08. The van der Waals surface area contributed by atoms with Gasteiger partial charge in [0.05, 0.1) is 5.38 Å². The van der Waals surface area contributed by atoms with Gasteiger partial charge in [0.2, 0.25) is 0 Å². The van der Waals surface area contributed by atoms with Crippen molar-refractivity contribution >= 4 is 23.4 Å². The molecule has 13 heavy (non-hydrogen) atoms. The van der Waals surface area contributed by atoms with Crippen LogP contribution in [0.25, 0.3) is 0 Å². The molecule has 0 unspecified atom stereocenters. The smallest absolute Gasteiger partial charge is 0.124 e. The zero-order chi connectivity index (χ0) is 9.10. The van der Waals surface area contributed by atoms with Crippen LogP contribution in [0.5, 0.6) is 0 Å². The molecule has 0 N–H and O–H groups in total. The molecule has 0 radical (unpaired) electrons. The largest absolute Gasteiger partial charge is 0.366 e. The van der Waals surface area contributed by atoms with E-state index in [1.165, 1.54) is 4.90 Å². The van der Waals surface area contributed by atoms with Gasteiger partial charge in [0.1, 0.15) is 5.44 Å². The third-order valence-electron chi connectivity index (χ3n) is 1.97. The molecule has 70 valence electrons. The van der Waals surface area contributed by atoms with Crippen LogP contribution >= 0.6 is 23.4 Å². The Morgan fingerprint density at radius 3 is 2.69 bits per heavy atom. The number of rotatable bonds is 2. The van der Waals surface area contributed by atoms with Gasteiger partial charge in [-0.05, 0) is 18.6 Å². The van der Waals surface area contributed by atoms with Gasteiger partial charge in [-0.15, -0.1) is 11.6 Å². The Morgan fingerprint density at radius 1 is 1.31 bits per heavy atom. The molecular weight excluding hydrogens is 204 g/mol. The lowest BCUT2D eigenvalue weighted by Gasteiger charge is -2.11. The SMILES string of the molecule is Cl[C@@H]1CCO[C@H]1Sc1ccccc1. The fraction of sp³-hybridized carbons (Fsp3) is 0.400. The van der Waals surface area contributed by atoms with Crippen LogP contribution in [0.2, 0.25) is 0 Å². The Kier molecular flexibility index (Phi) is 3.14. The van der Waals surface area contributed by atoms with Crippen LogP contribution in [0, 0.1) is 0 Å². The normalized spacial score (nSPS) is 27.8. The Morgan fingerprint density at radius 2 is 2.08 bits per heavy atom. The third-order valence-corrected chi connectivity index (χ3v) is 3.80. The van der Waals surface area contributed by atoms with E-state index in [1.54, 1.807) is 11.8 Å². The van der Waals surface area contributed by atoms with Gasteiger partial charge in [0.15, 0.2) is 0 Å². The lowest BCUT2D eigenvalue weighted by Crippen LogP contribution is -2.10. The minimum Gasteiger partial charge on any atom is -0.366 e. The van der Waals surface area contributed by atoms with Crippen molar-refractivity contribution in [3.05, 3.63) is 30.3 Å². The number of hydrogen-bond acceptors (Lipinski definition) is 2. The van der Waals surface area contributed by atoms with Crippen LogP contribution in [-0.4, -0.2) is 17.4 Å². The quantitative estimate of drug-likeness (QED) is 0.700. The van der Waals surface area contributed by atoms with E-state index >= 15 is 0 Å². The first-order valence-electron chi connectivity index (χ1n) is 4.33. The van der Waals surface area contributed by atoms with E-state index in [4.69, 9.17) is 16.3 Å². The number of thioether (sulfide) groups is 1. The topological polar surface area (TPSA) is 9.23 Å². The van der Waals surface area contributed by atoms with Crippen molar-refractivity contribution in [1.82, 2.24) is 0 Å². The van der Waals surface area contributed by atoms with Crippen molar-refractivity contribution < 1.29 is 4.74 Å². The van der Waals surface area contributed by atoms with Gasteiger partial charge in [0, 0.05) is 11.5 Å². The summed E-state index contributed by atoms with van der Waals surface area (Å²) in [6, 6.07) is 10.2. The predicted molar refractivity (Wildman–Crippen MR) is 56.3 cm³/mol. The van der Waals surface area contributed by atoms with Crippen molar-refractivity contribution in [2.24, 2.45) is 0 Å². The second-order valence-electron chi connectivity index (χ2n) is 2.97. The molecule has 1 aliphatic rings. The van der Waals surface area contributed by atoms with Gasteiger partial charge in [-0.25, -0.2) is 0 Å². The van der Waals surface area contributed by atoms with E-state index in [1.807, 2.05) is 18.2 Å². The van der Waals surface area contributed by atoms with Gasteiger partial charge in [-0.2, -0.15) is 0 Å². The fourth-order valence-electron chi connectivity index (χ4n) is 1.28. The number of ether oxygens (including phenoxy) is 1. The molecule has 3 heteroatoms. The van der Waals surface area contributed by atoms with E-state index in [0.29, 0.717) is 0 Å². The predicted octanol–water partition coefficient (Wildman–Crippen LogP) is 3.13. The third kappa shape index (κ3) is 2.39. The molecule has 0 aromatic heterocycles. The van der Waals surface area contributed by atoms with Gasteiger partial charge in [-0.3, -0.25) is 0 Å². The summed E-state index contributed by atoms with van der Waals surface area (Å²) in [7, 11) is 0. The molecule has 1 aromatic carbocycles. The lowest BCUT2D eigenvalue weighted by molar-refractivity contribution is 0.174. The summed E-state index contributed by atoms with van der Waals surface area (Å²) in [5.74, 6) is 0. The molecule has 0 bridgehead atoms. The van der Waals surface area contributed by atoms with Crippen LogP contribution in [0.4, 0.5) is 0 Å². The number of hydrogen-bond donors (Lipinski definition) is 0. The van der Waals surface area contributed by atoms with Crippen molar-refractivity contribution in [3.63, 3.8) is 0 Å². The van der Waals surface area contributed by atoms with Gasteiger partial charge in [-0.1, -0.05) is 30.0 Å². The highest BCUT2D eigenvalue weighted by Crippen LogP contribution is 2.33. The average molecular weight is 215 g/mol. The summed E-state index contributed by atoms with van der Waals surface area (Å²) in [5.41, 5.74) is 0.129. The first-order chi connectivity index (χ1) is 6.36. The first-order valence-corrected chi connectivity index (χ1v) is 5.65. The number of halogens is 1. The van der Waals surface area contributed by atoms with Crippen LogP contribution in [0.3, 0.4) is 0 Å². The molecule has 2 atom stereocenters. The molecule has 1 aliphatic heterocycles. The Balaban J connectivity index is 1.98. The molecule has 2 rings (SSSR count). The number of alkyl halides is 1. The molecule has 0 saturated carbocycles. The van der Waals surface area contributed by atoms with Gasteiger partial charge in [0.25, 0.3) is 0 Å². The summed E-state index contributed by atoms with van der Waals surface area (Å²) in [5, 5.41) is 0.158. The fourth-order valence-corrected chi connectivity index (χ4v) is 2.62. The highest BCUT2D eigenvalue weighted by molar-refractivity contribution is 7.99. The van der Waals surface area contributed by atoms with E-state index < -0.39 is 0 Å². The molecule has 1 aromatic rings. The molecule has 1 fully saturated rings. The van der Waals surface area contributed by atoms with Crippen LogP contribution in [0.15, 0.2) is 35.2 Å². The standard InChI is InChI=1S/C10H11ClOS/c11-9-6-7-12-10(9)13-8-4-2-1-3-5-8/h1-5,9-10H,6-7H2/t9-,10+/m1/s1.